The summed E-state index contributed by atoms with van der Waals surface area (Å²) in [6, 6.07) is 26.4. The number of nitrogens with zero attached hydrogens (tertiary/aromatic N) is 4. The Hall–Kier alpha value is -3.14. The van der Waals surface area contributed by atoms with Crippen LogP contribution in [0.3, 0.4) is 0 Å². The zero-order valence-electron chi connectivity index (χ0n) is 16.9. The number of thioether (sulfide) groups is 1. The number of rotatable bonds is 6. The zero-order valence-corrected chi connectivity index (χ0v) is 20.0. The van der Waals surface area contributed by atoms with Crippen molar-refractivity contribution in [2.24, 2.45) is 5.16 Å². The van der Waals surface area contributed by atoms with Crippen molar-refractivity contribution in [2.45, 2.75) is 8.81 Å². The van der Waals surface area contributed by atoms with E-state index in [1.54, 1.807) is 22.9 Å². The molecule has 2 heterocycles. The number of carbonyl (C=O) groups is 1. The second-order valence-electron chi connectivity index (χ2n) is 6.98. The number of hydrogen-bond acceptors (Lipinski definition) is 7. The topological polar surface area (TPSA) is 81.4 Å². The third-order valence-electron chi connectivity index (χ3n) is 4.83. The van der Waals surface area contributed by atoms with Gasteiger partial charge >= 0.3 is 5.97 Å². The Morgan fingerprint density at radius 3 is 2.33 bits per heavy atom. The predicted molar refractivity (Wildman–Crippen MR) is 133 cm³/mol. The fraction of sp³-hybridized carbons (Fsp3) is 0.0435. The number of hydrogen-bond donors (Lipinski definition) is 1. The summed E-state index contributed by atoms with van der Waals surface area (Å²) in [5.74, 6) is -0.00130. The molecule has 10 heteroatoms. The van der Waals surface area contributed by atoms with Crippen LogP contribution in [0.1, 0.15) is 5.56 Å². The second-order valence-corrected chi connectivity index (χ2v) is 10.3. The number of oxime groups is 1. The van der Waals surface area contributed by atoms with E-state index in [1.165, 1.54) is 0 Å². The Morgan fingerprint density at radius 2 is 1.61 bits per heavy atom. The van der Waals surface area contributed by atoms with Crippen molar-refractivity contribution in [1.82, 2.24) is 14.9 Å². The third kappa shape index (κ3) is 4.15. The molecule has 0 saturated carbocycles. The lowest BCUT2D eigenvalue weighted by Crippen LogP contribution is -2.34. The maximum absolute atomic E-state index is 12.8. The molecule has 0 fully saturated rings. The van der Waals surface area contributed by atoms with Crippen LogP contribution in [0.4, 0.5) is 5.69 Å². The van der Waals surface area contributed by atoms with Gasteiger partial charge in [0, 0.05) is 16.1 Å². The second kappa shape index (κ2) is 9.01. The first-order valence-electron chi connectivity index (χ1n) is 9.82. The molecular formula is C23H15BrClN5O2S. The number of para-hydroxylation sites is 1. The van der Waals surface area contributed by atoms with E-state index in [4.69, 9.17) is 16.4 Å². The highest BCUT2D eigenvalue weighted by molar-refractivity contribution is 9.12. The van der Waals surface area contributed by atoms with Gasteiger partial charge in [0.05, 0.1) is 5.69 Å². The lowest BCUT2D eigenvalue weighted by Gasteiger charge is -2.20. The van der Waals surface area contributed by atoms with Crippen LogP contribution in [-0.2, 0) is 9.63 Å². The van der Waals surface area contributed by atoms with Crippen LogP contribution in [0.5, 0.6) is 0 Å². The summed E-state index contributed by atoms with van der Waals surface area (Å²) >= 11 is 11.1. The van der Waals surface area contributed by atoms with Crippen molar-refractivity contribution in [3.63, 3.8) is 0 Å². The van der Waals surface area contributed by atoms with Crippen LogP contribution < -0.4 is 5.43 Å². The van der Waals surface area contributed by atoms with Gasteiger partial charge in [0.25, 0.3) is 0 Å². The quantitative estimate of drug-likeness (QED) is 0.253. The lowest BCUT2D eigenvalue weighted by molar-refractivity contribution is -0.140. The maximum Gasteiger partial charge on any atom is 0.368 e. The van der Waals surface area contributed by atoms with Crippen LogP contribution in [0.25, 0.3) is 11.4 Å². The van der Waals surface area contributed by atoms with Crippen LogP contribution in [0.15, 0.2) is 95.2 Å². The summed E-state index contributed by atoms with van der Waals surface area (Å²) in [6.45, 7) is 0. The monoisotopic (exact) mass is 539 g/mol. The minimum Gasteiger partial charge on any atom is -0.315 e. The molecule has 1 aliphatic rings. The summed E-state index contributed by atoms with van der Waals surface area (Å²) in [5, 5.41) is 13.6. The molecule has 5 rings (SSSR count). The fourth-order valence-electron chi connectivity index (χ4n) is 3.25. The van der Waals surface area contributed by atoms with Crippen LogP contribution in [-0.4, -0.2) is 30.2 Å². The van der Waals surface area contributed by atoms with Gasteiger partial charge in [0.15, 0.2) is 5.82 Å². The first-order chi connectivity index (χ1) is 16.1. The molecule has 164 valence electrons. The van der Waals surface area contributed by atoms with Crippen molar-refractivity contribution in [1.29, 1.82) is 0 Å². The number of halogens is 2. The largest absolute Gasteiger partial charge is 0.368 e. The molecule has 0 spiro atoms. The predicted octanol–water partition coefficient (Wildman–Crippen LogP) is 5.62. The van der Waals surface area contributed by atoms with Crippen molar-refractivity contribution in [2.75, 3.05) is 5.43 Å². The van der Waals surface area contributed by atoms with Crippen molar-refractivity contribution in [3.05, 3.63) is 95.5 Å². The molecule has 0 radical (unpaired) electrons. The minimum atomic E-state index is -1.37. The van der Waals surface area contributed by atoms with E-state index in [0.29, 0.717) is 27.3 Å². The molecule has 1 aromatic heterocycles. The van der Waals surface area contributed by atoms with Gasteiger partial charge in [0.2, 0.25) is 8.81 Å². The molecule has 1 unspecified atom stereocenters. The van der Waals surface area contributed by atoms with Crippen molar-refractivity contribution in [3.8, 4) is 11.4 Å². The number of anilines is 1. The number of carbonyl (C=O) groups excluding carboxylic acids is 1. The van der Waals surface area contributed by atoms with E-state index in [0.717, 1.165) is 23.0 Å². The minimum absolute atomic E-state index is 0.346. The molecular weight excluding hydrogens is 526 g/mol. The average Bonchev–Trinajstić information content (AvgIpc) is 3.36. The Kier molecular flexibility index (Phi) is 5.92. The van der Waals surface area contributed by atoms with E-state index in [9.17, 15) is 4.79 Å². The lowest BCUT2D eigenvalue weighted by atomic mass is 10.1. The van der Waals surface area contributed by atoms with Crippen LogP contribution in [0.2, 0.25) is 5.02 Å². The van der Waals surface area contributed by atoms with Gasteiger partial charge in [-0.1, -0.05) is 99.4 Å². The molecule has 0 bridgehead atoms. The molecule has 7 nitrogen and oxygen atoms in total. The van der Waals surface area contributed by atoms with Gasteiger partial charge in [-0.05, 0) is 30.0 Å². The van der Waals surface area contributed by atoms with Crippen LogP contribution in [0, 0.1) is 0 Å². The van der Waals surface area contributed by atoms with Gasteiger partial charge in [-0.25, -0.2) is 9.47 Å². The van der Waals surface area contributed by atoms with E-state index < -0.39 is 9.63 Å². The maximum atomic E-state index is 12.8. The van der Waals surface area contributed by atoms with Crippen molar-refractivity contribution >= 4 is 56.7 Å². The van der Waals surface area contributed by atoms with E-state index >= 15 is 0 Å². The van der Waals surface area contributed by atoms with Gasteiger partial charge < -0.3 is 4.84 Å². The van der Waals surface area contributed by atoms with E-state index in [-0.39, 0.29) is 0 Å². The summed E-state index contributed by atoms with van der Waals surface area (Å²) in [6.07, 6.45) is 0. The highest BCUT2D eigenvalue weighted by atomic mass is 79.9. The normalized spacial score (nSPS) is 17.5. The average molecular weight is 541 g/mol. The molecule has 0 saturated heterocycles. The summed E-state index contributed by atoms with van der Waals surface area (Å²) in [4.78, 5) is 17.9. The molecule has 3 aromatic carbocycles. The number of aromatic nitrogens is 3. The molecule has 0 amide bonds. The fourth-order valence-corrected chi connectivity index (χ4v) is 5.18. The van der Waals surface area contributed by atoms with E-state index in [2.05, 4.69) is 36.7 Å². The Labute approximate surface area is 206 Å². The molecule has 0 aliphatic carbocycles. The Bertz CT molecular complexity index is 1350. The molecule has 1 atom stereocenters. The molecule has 1 aliphatic heterocycles. The highest BCUT2D eigenvalue weighted by Crippen LogP contribution is 2.46. The molecule has 4 aromatic rings. The van der Waals surface area contributed by atoms with E-state index in [1.807, 2.05) is 66.7 Å². The van der Waals surface area contributed by atoms with Gasteiger partial charge in [-0.2, -0.15) is 0 Å². The molecule has 1 N–H and O–H groups in total. The summed E-state index contributed by atoms with van der Waals surface area (Å²) in [5.41, 5.74) is 5.94. The van der Waals surface area contributed by atoms with Crippen molar-refractivity contribution < 1.29 is 9.63 Å². The molecule has 33 heavy (non-hydrogen) atoms. The zero-order chi connectivity index (χ0) is 22.8. The number of nitrogens with one attached hydrogen (secondary N) is 1. The number of alkyl halides is 1. The van der Waals surface area contributed by atoms with Crippen LogP contribution >= 0.6 is 39.3 Å². The first-order valence-corrected chi connectivity index (χ1v) is 11.8. The Balaban J connectivity index is 1.58. The SMILES string of the molecule is O=C1ON=C(c2ccccc2Cl)C1(Br)Sc1nnc(-c2ccccc2)n1Nc1ccccc1. The van der Waals surface area contributed by atoms with Gasteiger partial charge in [-0.15, -0.1) is 10.2 Å². The standard InChI is InChI=1S/C23H15BrClN5O2S/c24-23(19(29-32-21(23)31)17-13-7-8-14-18(17)25)33-22-27-26-20(15-9-3-1-4-10-15)30(22)28-16-11-5-2-6-12-16/h1-14,28H. The third-order valence-corrected chi connectivity index (χ3v) is 7.43. The number of benzene rings is 3. The summed E-state index contributed by atoms with van der Waals surface area (Å²) in [7, 11) is 0. The summed E-state index contributed by atoms with van der Waals surface area (Å²) < 4.78 is 0.364. The van der Waals surface area contributed by atoms with Gasteiger partial charge in [-0.3, -0.25) is 5.43 Å². The Morgan fingerprint density at radius 1 is 0.939 bits per heavy atom. The highest BCUT2D eigenvalue weighted by Gasteiger charge is 2.51. The first kappa shape index (κ1) is 21.7. The van der Waals surface area contributed by atoms with Gasteiger partial charge in [0.1, 0.15) is 5.71 Å². The smallest absolute Gasteiger partial charge is 0.315 e.